The first-order valence-corrected chi connectivity index (χ1v) is 6.64. The van der Waals surface area contributed by atoms with E-state index in [1.165, 1.54) is 0 Å². The fourth-order valence-corrected chi connectivity index (χ4v) is 2.16. The van der Waals surface area contributed by atoms with Crippen molar-refractivity contribution in [3.8, 4) is 0 Å². The number of benzene rings is 1. The van der Waals surface area contributed by atoms with Crippen LogP contribution in [-0.2, 0) is 4.79 Å². The van der Waals surface area contributed by atoms with E-state index in [2.05, 4.69) is 10.3 Å². The predicted octanol–water partition coefficient (Wildman–Crippen LogP) is 2.40. The van der Waals surface area contributed by atoms with E-state index < -0.39 is 12.0 Å². The molecule has 0 unspecified atom stereocenters. The summed E-state index contributed by atoms with van der Waals surface area (Å²) < 4.78 is 0. The summed E-state index contributed by atoms with van der Waals surface area (Å²) in [6.45, 7) is 3.72. The first-order valence-electron chi connectivity index (χ1n) is 6.64. The summed E-state index contributed by atoms with van der Waals surface area (Å²) in [5.41, 5.74) is 1.32. The Morgan fingerprint density at radius 2 is 2.05 bits per heavy atom. The molecule has 5 nitrogen and oxygen atoms in total. The van der Waals surface area contributed by atoms with Crippen LogP contribution in [0.3, 0.4) is 0 Å². The minimum atomic E-state index is -1.01. The van der Waals surface area contributed by atoms with Gasteiger partial charge in [-0.25, -0.2) is 4.79 Å². The summed E-state index contributed by atoms with van der Waals surface area (Å²) in [6.07, 6.45) is 2.29. The third-order valence-corrected chi connectivity index (χ3v) is 3.60. The molecule has 2 atom stereocenters. The predicted molar refractivity (Wildman–Crippen MR) is 76.6 cm³/mol. The largest absolute Gasteiger partial charge is 0.480 e. The number of carbonyl (C=O) groups excluding carboxylic acids is 1. The molecule has 0 aliphatic rings. The van der Waals surface area contributed by atoms with Crippen molar-refractivity contribution in [2.24, 2.45) is 5.92 Å². The lowest BCUT2D eigenvalue weighted by atomic mass is 9.99. The van der Waals surface area contributed by atoms with Crippen molar-refractivity contribution in [3.05, 3.63) is 36.0 Å². The molecule has 1 aromatic heterocycles. The summed E-state index contributed by atoms with van der Waals surface area (Å²) in [5, 5.41) is 12.6. The standard InChI is InChI=1S/C15H18N2O3/c1-3-9(2)13(15(19)20)17-14(18)11-8-16-12-7-5-4-6-10(11)12/h4-9,13,16H,3H2,1-2H3,(H,17,18)(H,19,20)/t9-,13-/m0/s1. The van der Waals surface area contributed by atoms with Gasteiger partial charge < -0.3 is 15.4 Å². The van der Waals surface area contributed by atoms with E-state index in [1.54, 1.807) is 6.20 Å². The van der Waals surface area contributed by atoms with Gasteiger partial charge in [-0.05, 0) is 12.0 Å². The quantitative estimate of drug-likeness (QED) is 0.783. The van der Waals surface area contributed by atoms with Gasteiger partial charge in [0.15, 0.2) is 0 Å². The fourth-order valence-electron chi connectivity index (χ4n) is 2.16. The third-order valence-electron chi connectivity index (χ3n) is 3.60. The highest BCUT2D eigenvalue weighted by molar-refractivity contribution is 6.07. The molecule has 20 heavy (non-hydrogen) atoms. The second-order valence-corrected chi connectivity index (χ2v) is 4.92. The normalized spacial score (nSPS) is 13.9. The highest BCUT2D eigenvalue weighted by Gasteiger charge is 2.26. The number of aromatic amines is 1. The number of rotatable bonds is 5. The Morgan fingerprint density at radius 1 is 1.35 bits per heavy atom. The smallest absolute Gasteiger partial charge is 0.326 e. The monoisotopic (exact) mass is 274 g/mol. The van der Waals surface area contributed by atoms with Crippen molar-refractivity contribution in [2.75, 3.05) is 0 Å². The lowest BCUT2D eigenvalue weighted by molar-refractivity contribution is -0.140. The number of carboxylic acid groups (broad SMARTS) is 1. The van der Waals surface area contributed by atoms with Gasteiger partial charge in [-0.3, -0.25) is 4.79 Å². The molecule has 1 amide bonds. The summed E-state index contributed by atoms with van der Waals surface area (Å²) in [7, 11) is 0. The van der Waals surface area contributed by atoms with Crippen LogP contribution in [0.1, 0.15) is 30.6 Å². The van der Waals surface area contributed by atoms with Crippen molar-refractivity contribution >= 4 is 22.8 Å². The van der Waals surface area contributed by atoms with Crippen molar-refractivity contribution in [1.82, 2.24) is 10.3 Å². The van der Waals surface area contributed by atoms with Crippen LogP contribution in [-0.4, -0.2) is 28.0 Å². The molecule has 5 heteroatoms. The maximum absolute atomic E-state index is 12.3. The van der Waals surface area contributed by atoms with E-state index in [0.29, 0.717) is 12.0 Å². The average Bonchev–Trinajstić information content (AvgIpc) is 2.87. The van der Waals surface area contributed by atoms with Crippen molar-refractivity contribution in [1.29, 1.82) is 0 Å². The maximum Gasteiger partial charge on any atom is 0.326 e. The highest BCUT2D eigenvalue weighted by atomic mass is 16.4. The van der Waals surface area contributed by atoms with E-state index in [4.69, 9.17) is 0 Å². The number of hydrogen-bond donors (Lipinski definition) is 3. The second-order valence-electron chi connectivity index (χ2n) is 4.92. The van der Waals surface area contributed by atoms with Crippen LogP contribution in [0.4, 0.5) is 0 Å². The number of H-pyrrole nitrogens is 1. The number of carbonyl (C=O) groups is 2. The van der Waals surface area contributed by atoms with Crippen LogP contribution >= 0.6 is 0 Å². The van der Waals surface area contributed by atoms with Gasteiger partial charge in [-0.1, -0.05) is 38.5 Å². The number of aromatic nitrogens is 1. The molecular weight excluding hydrogens is 256 g/mol. The molecule has 106 valence electrons. The number of hydrogen-bond acceptors (Lipinski definition) is 2. The van der Waals surface area contributed by atoms with E-state index in [9.17, 15) is 14.7 Å². The van der Waals surface area contributed by atoms with E-state index in [1.807, 2.05) is 38.1 Å². The number of fused-ring (bicyclic) bond motifs is 1. The molecule has 0 fully saturated rings. The Kier molecular flexibility index (Phi) is 4.08. The molecule has 0 saturated carbocycles. The minimum absolute atomic E-state index is 0.123. The lowest BCUT2D eigenvalue weighted by Crippen LogP contribution is -2.44. The Morgan fingerprint density at radius 3 is 2.70 bits per heavy atom. The van der Waals surface area contributed by atoms with Gasteiger partial charge in [0.25, 0.3) is 5.91 Å². The van der Waals surface area contributed by atoms with Gasteiger partial charge in [-0.2, -0.15) is 0 Å². The molecule has 0 saturated heterocycles. The molecule has 3 N–H and O–H groups in total. The Balaban J connectivity index is 2.25. The molecule has 2 rings (SSSR count). The number of aliphatic carboxylic acids is 1. The number of amides is 1. The molecular formula is C15H18N2O3. The Labute approximate surface area is 117 Å². The van der Waals surface area contributed by atoms with Crippen molar-refractivity contribution in [3.63, 3.8) is 0 Å². The summed E-state index contributed by atoms with van der Waals surface area (Å²) in [6, 6.07) is 6.55. The van der Waals surface area contributed by atoms with E-state index >= 15 is 0 Å². The second kappa shape index (κ2) is 5.77. The highest BCUT2D eigenvalue weighted by Crippen LogP contribution is 2.18. The topological polar surface area (TPSA) is 82.2 Å². The molecule has 0 aliphatic heterocycles. The van der Waals surface area contributed by atoms with Gasteiger partial charge >= 0.3 is 5.97 Å². The van der Waals surface area contributed by atoms with Crippen LogP contribution in [0.5, 0.6) is 0 Å². The van der Waals surface area contributed by atoms with Gasteiger partial charge in [0.2, 0.25) is 0 Å². The molecule has 0 bridgehead atoms. The zero-order valence-corrected chi connectivity index (χ0v) is 11.5. The van der Waals surface area contributed by atoms with Crippen molar-refractivity contribution < 1.29 is 14.7 Å². The lowest BCUT2D eigenvalue weighted by Gasteiger charge is -2.19. The van der Waals surface area contributed by atoms with Gasteiger partial charge in [0.05, 0.1) is 5.56 Å². The zero-order valence-electron chi connectivity index (χ0n) is 11.5. The van der Waals surface area contributed by atoms with Gasteiger partial charge in [0, 0.05) is 17.1 Å². The van der Waals surface area contributed by atoms with Gasteiger partial charge in [0.1, 0.15) is 6.04 Å². The Bertz CT molecular complexity index is 633. The molecule has 0 aliphatic carbocycles. The van der Waals surface area contributed by atoms with Crippen LogP contribution in [0.25, 0.3) is 10.9 Å². The van der Waals surface area contributed by atoms with Crippen molar-refractivity contribution in [2.45, 2.75) is 26.3 Å². The average molecular weight is 274 g/mol. The number of carboxylic acids is 1. The molecule has 2 aromatic rings. The number of para-hydroxylation sites is 1. The van der Waals surface area contributed by atoms with E-state index in [-0.39, 0.29) is 11.8 Å². The SMILES string of the molecule is CC[C@H](C)[C@H](NC(=O)c1c[nH]c2ccccc12)C(=O)O. The summed E-state index contributed by atoms with van der Waals surface area (Å²) >= 11 is 0. The maximum atomic E-state index is 12.3. The molecule has 1 heterocycles. The van der Waals surface area contributed by atoms with Crippen LogP contribution in [0, 0.1) is 5.92 Å². The van der Waals surface area contributed by atoms with Crippen LogP contribution in [0.2, 0.25) is 0 Å². The van der Waals surface area contributed by atoms with E-state index in [0.717, 1.165) is 10.9 Å². The first-order chi connectivity index (χ1) is 9.54. The number of nitrogens with one attached hydrogen (secondary N) is 2. The molecule has 0 radical (unpaired) electrons. The van der Waals surface area contributed by atoms with Crippen LogP contribution < -0.4 is 5.32 Å². The van der Waals surface area contributed by atoms with Crippen LogP contribution in [0.15, 0.2) is 30.5 Å². The Hall–Kier alpha value is -2.30. The first kappa shape index (κ1) is 14.1. The molecule has 0 spiro atoms. The zero-order chi connectivity index (χ0) is 14.7. The van der Waals surface area contributed by atoms with Gasteiger partial charge in [-0.15, -0.1) is 0 Å². The fraction of sp³-hybridized carbons (Fsp3) is 0.333. The summed E-state index contributed by atoms with van der Waals surface area (Å²) in [4.78, 5) is 26.5. The third kappa shape index (κ3) is 2.66. The minimum Gasteiger partial charge on any atom is -0.480 e. The summed E-state index contributed by atoms with van der Waals surface area (Å²) in [5.74, 6) is -1.50. The molecule has 1 aromatic carbocycles.